The van der Waals surface area contributed by atoms with E-state index in [1.165, 1.54) is 0 Å². The number of carbonyl (C=O) groups is 1. The first-order chi connectivity index (χ1) is 15.1. The highest BCUT2D eigenvalue weighted by atomic mass is 16.5. The summed E-state index contributed by atoms with van der Waals surface area (Å²) in [7, 11) is 1.64. The summed E-state index contributed by atoms with van der Waals surface area (Å²) < 4.78 is 11.1. The molecular weight excluding hydrogens is 390 g/mol. The lowest BCUT2D eigenvalue weighted by Gasteiger charge is -2.25. The molecule has 1 heterocycles. The number of aromatic nitrogens is 1. The van der Waals surface area contributed by atoms with E-state index in [1.54, 1.807) is 7.11 Å². The molecule has 0 aliphatic heterocycles. The second kappa shape index (κ2) is 10.8. The van der Waals surface area contributed by atoms with Crippen molar-refractivity contribution >= 4 is 11.8 Å². The molecule has 3 aromatic rings. The van der Waals surface area contributed by atoms with Crippen LogP contribution in [0.2, 0.25) is 0 Å². The number of ether oxygens (including phenoxy) is 1. The van der Waals surface area contributed by atoms with E-state index in [2.05, 4.69) is 23.9 Å². The molecule has 3 rings (SSSR count). The van der Waals surface area contributed by atoms with Gasteiger partial charge in [-0.25, -0.2) is 0 Å². The number of benzene rings is 2. The SMILES string of the molecule is CCN(CC)c1onc(-c2ccccc2)c1CN(CCOC)C(=O)c1cccc(C)c1. The normalized spacial score (nSPS) is 10.8. The minimum Gasteiger partial charge on any atom is -0.383 e. The van der Waals surface area contributed by atoms with E-state index in [-0.39, 0.29) is 5.91 Å². The maximum absolute atomic E-state index is 13.4. The summed E-state index contributed by atoms with van der Waals surface area (Å²) in [5, 5.41) is 4.40. The first-order valence-corrected chi connectivity index (χ1v) is 10.7. The van der Waals surface area contributed by atoms with Gasteiger partial charge in [-0.05, 0) is 32.9 Å². The van der Waals surface area contributed by atoms with E-state index in [0.717, 1.165) is 35.5 Å². The number of nitrogens with zero attached hydrogens (tertiary/aromatic N) is 3. The van der Waals surface area contributed by atoms with E-state index < -0.39 is 0 Å². The lowest BCUT2D eigenvalue weighted by atomic mass is 10.1. The fourth-order valence-electron chi connectivity index (χ4n) is 3.63. The van der Waals surface area contributed by atoms with Gasteiger partial charge in [0.05, 0.1) is 18.7 Å². The number of rotatable bonds is 10. The lowest BCUT2D eigenvalue weighted by Crippen LogP contribution is -2.34. The summed E-state index contributed by atoms with van der Waals surface area (Å²) in [6.45, 7) is 9.03. The third-order valence-corrected chi connectivity index (χ3v) is 5.33. The smallest absolute Gasteiger partial charge is 0.254 e. The largest absolute Gasteiger partial charge is 0.383 e. The van der Waals surface area contributed by atoms with E-state index in [4.69, 9.17) is 9.26 Å². The number of carbonyl (C=O) groups excluding carboxylic acids is 1. The molecule has 0 saturated heterocycles. The summed E-state index contributed by atoms with van der Waals surface area (Å²) in [6.07, 6.45) is 0. The van der Waals surface area contributed by atoms with Crippen molar-refractivity contribution in [1.82, 2.24) is 10.1 Å². The molecule has 1 amide bonds. The van der Waals surface area contributed by atoms with Crippen LogP contribution in [0.25, 0.3) is 11.3 Å². The topological polar surface area (TPSA) is 58.8 Å². The standard InChI is InChI=1S/C25H31N3O3/c1-5-27(6-2)25-22(23(26-31-25)20-12-8-7-9-13-20)18-28(15-16-30-4)24(29)21-14-10-11-19(3)17-21/h7-14,17H,5-6,15-16,18H2,1-4H3. The predicted octanol–water partition coefficient (Wildman–Crippen LogP) is 4.79. The minimum atomic E-state index is -0.0357. The molecule has 164 valence electrons. The zero-order valence-electron chi connectivity index (χ0n) is 18.8. The number of aryl methyl sites for hydroxylation is 1. The highest BCUT2D eigenvalue weighted by Crippen LogP contribution is 2.32. The molecule has 0 spiro atoms. The molecular formula is C25H31N3O3. The Labute approximate surface area is 184 Å². The Kier molecular flexibility index (Phi) is 7.84. The Morgan fingerprint density at radius 2 is 1.81 bits per heavy atom. The van der Waals surface area contributed by atoms with Gasteiger partial charge in [-0.15, -0.1) is 0 Å². The molecule has 0 unspecified atom stereocenters. The highest BCUT2D eigenvalue weighted by Gasteiger charge is 2.26. The fraction of sp³-hybridized carbons (Fsp3) is 0.360. The number of anilines is 1. The van der Waals surface area contributed by atoms with Gasteiger partial charge in [0.2, 0.25) is 5.88 Å². The van der Waals surface area contributed by atoms with Gasteiger partial charge < -0.3 is 19.1 Å². The average molecular weight is 422 g/mol. The molecule has 0 N–H and O–H groups in total. The quantitative estimate of drug-likeness (QED) is 0.471. The number of hydrogen-bond donors (Lipinski definition) is 0. The second-order valence-electron chi connectivity index (χ2n) is 7.44. The molecule has 0 bridgehead atoms. The van der Waals surface area contributed by atoms with Crippen LogP contribution in [0, 0.1) is 6.92 Å². The third-order valence-electron chi connectivity index (χ3n) is 5.33. The van der Waals surface area contributed by atoms with Crippen LogP contribution in [0.15, 0.2) is 59.1 Å². The summed E-state index contributed by atoms with van der Waals surface area (Å²) in [6, 6.07) is 17.6. The van der Waals surface area contributed by atoms with Gasteiger partial charge in [-0.2, -0.15) is 0 Å². The maximum atomic E-state index is 13.4. The highest BCUT2D eigenvalue weighted by molar-refractivity contribution is 5.94. The van der Waals surface area contributed by atoms with Crippen LogP contribution in [0.1, 0.15) is 35.3 Å². The molecule has 1 aromatic heterocycles. The second-order valence-corrected chi connectivity index (χ2v) is 7.44. The lowest BCUT2D eigenvalue weighted by molar-refractivity contribution is 0.0680. The number of hydrogen-bond acceptors (Lipinski definition) is 5. The number of amides is 1. The van der Waals surface area contributed by atoms with Crippen molar-refractivity contribution in [2.75, 3.05) is 38.3 Å². The Bertz CT molecular complexity index is 981. The summed E-state index contributed by atoms with van der Waals surface area (Å²) in [5.74, 6) is 0.676. The van der Waals surface area contributed by atoms with E-state index in [1.807, 2.05) is 66.4 Å². The minimum absolute atomic E-state index is 0.0357. The van der Waals surface area contributed by atoms with E-state index in [9.17, 15) is 4.79 Å². The van der Waals surface area contributed by atoms with E-state index in [0.29, 0.717) is 31.1 Å². The molecule has 6 heteroatoms. The summed E-state index contributed by atoms with van der Waals surface area (Å²) in [5.41, 5.74) is 4.36. The number of methoxy groups -OCH3 is 1. The van der Waals surface area contributed by atoms with Crippen molar-refractivity contribution in [3.8, 4) is 11.3 Å². The van der Waals surface area contributed by atoms with Gasteiger partial charge in [0.15, 0.2) is 0 Å². The van der Waals surface area contributed by atoms with Crippen molar-refractivity contribution < 1.29 is 14.1 Å². The van der Waals surface area contributed by atoms with Crippen molar-refractivity contribution in [1.29, 1.82) is 0 Å². The van der Waals surface area contributed by atoms with Gasteiger partial charge >= 0.3 is 0 Å². The molecule has 0 aliphatic rings. The Morgan fingerprint density at radius 1 is 1.06 bits per heavy atom. The van der Waals surface area contributed by atoms with Crippen LogP contribution >= 0.6 is 0 Å². The zero-order chi connectivity index (χ0) is 22.2. The Balaban J connectivity index is 2.02. The van der Waals surface area contributed by atoms with Crippen LogP contribution < -0.4 is 4.90 Å². The van der Waals surface area contributed by atoms with Crippen LogP contribution in [-0.2, 0) is 11.3 Å². The van der Waals surface area contributed by atoms with Crippen LogP contribution in [0.3, 0.4) is 0 Å². The van der Waals surface area contributed by atoms with Gasteiger partial charge in [-0.3, -0.25) is 4.79 Å². The molecule has 2 aromatic carbocycles. The van der Waals surface area contributed by atoms with E-state index >= 15 is 0 Å². The molecule has 0 fully saturated rings. The van der Waals surface area contributed by atoms with Gasteiger partial charge in [0.25, 0.3) is 5.91 Å². The first kappa shape index (κ1) is 22.6. The Morgan fingerprint density at radius 3 is 2.45 bits per heavy atom. The molecule has 0 radical (unpaired) electrons. The van der Waals surface area contributed by atoms with Gasteiger partial charge in [0.1, 0.15) is 5.69 Å². The monoisotopic (exact) mass is 421 g/mol. The third kappa shape index (κ3) is 5.33. The summed E-state index contributed by atoms with van der Waals surface area (Å²) >= 11 is 0. The van der Waals surface area contributed by atoms with Crippen molar-refractivity contribution in [2.45, 2.75) is 27.3 Å². The van der Waals surface area contributed by atoms with Crippen molar-refractivity contribution in [2.24, 2.45) is 0 Å². The first-order valence-electron chi connectivity index (χ1n) is 10.7. The van der Waals surface area contributed by atoms with Crippen LogP contribution in [0.4, 0.5) is 5.88 Å². The maximum Gasteiger partial charge on any atom is 0.254 e. The van der Waals surface area contributed by atoms with Crippen LogP contribution in [0.5, 0.6) is 0 Å². The van der Waals surface area contributed by atoms with Gasteiger partial charge in [-0.1, -0.05) is 53.2 Å². The van der Waals surface area contributed by atoms with Gasteiger partial charge in [0, 0.05) is 37.9 Å². The fourth-order valence-corrected chi connectivity index (χ4v) is 3.63. The summed E-state index contributed by atoms with van der Waals surface area (Å²) in [4.78, 5) is 17.3. The average Bonchev–Trinajstić information content (AvgIpc) is 3.21. The molecule has 0 saturated carbocycles. The zero-order valence-corrected chi connectivity index (χ0v) is 18.8. The predicted molar refractivity (Wildman–Crippen MR) is 123 cm³/mol. The molecule has 6 nitrogen and oxygen atoms in total. The molecule has 0 atom stereocenters. The Hall–Kier alpha value is -3.12. The van der Waals surface area contributed by atoms with Crippen molar-refractivity contribution in [3.63, 3.8) is 0 Å². The molecule has 0 aliphatic carbocycles. The van der Waals surface area contributed by atoms with Crippen molar-refractivity contribution in [3.05, 3.63) is 71.3 Å². The van der Waals surface area contributed by atoms with Crippen LogP contribution in [-0.4, -0.2) is 49.3 Å². The molecule has 31 heavy (non-hydrogen) atoms.